The molecule has 1 aliphatic heterocycles. The molecule has 1 aromatic heterocycles. The van der Waals surface area contributed by atoms with E-state index in [0.29, 0.717) is 23.2 Å². The van der Waals surface area contributed by atoms with E-state index >= 15 is 0 Å². The van der Waals surface area contributed by atoms with Gasteiger partial charge in [-0.15, -0.1) is 5.10 Å². The Balaban J connectivity index is 1.68. The van der Waals surface area contributed by atoms with Crippen molar-refractivity contribution in [2.45, 2.75) is 39.7 Å². The smallest absolute Gasteiger partial charge is 0.226 e. The lowest BCUT2D eigenvalue weighted by molar-refractivity contribution is -0.118. The number of aryl methyl sites for hydroxylation is 1. The summed E-state index contributed by atoms with van der Waals surface area (Å²) >= 11 is 6.13. The fraction of sp³-hybridized carbons (Fsp3) is 0.292. The van der Waals surface area contributed by atoms with Crippen LogP contribution in [-0.4, -0.2) is 20.5 Å². The predicted molar refractivity (Wildman–Crippen MR) is 118 cm³/mol. The Hall–Kier alpha value is -2.92. The van der Waals surface area contributed by atoms with E-state index in [1.165, 1.54) is 0 Å². The van der Waals surface area contributed by atoms with Crippen molar-refractivity contribution in [3.8, 4) is 11.4 Å². The van der Waals surface area contributed by atoms with E-state index in [2.05, 4.69) is 38.2 Å². The molecular formula is C24H23ClN4O. The number of nitrogens with zero attached hydrogens (tertiary/aromatic N) is 3. The highest BCUT2D eigenvalue weighted by molar-refractivity contribution is 6.30. The molecule has 0 fully saturated rings. The molecule has 0 bridgehead atoms. The number of anilines is 1. The number of hydrogen-bond donors (Lipinski definition) is 1. The van der Waals surface area contributed by atoms with Gasteiger partial charge in [-0.05, 0) is 42.5 Å². The van der Waals surface area contributed by atoms with E-state index in [1.807, 2.05) is 41.1 Å². The molecule has 2 heterocycles. The van der Waals surface area contributed by atoms with Crippen LogP contribution >= 0.6 is 11.6 Å². The zero-order valence-electron chi connectivity index (χ0n) is 17.2. The molecule has 1 atom stereocenters. The Kier molecular flexibility index (Phi) is 4.33. The zero-order valence-corrected chi connectivity index (χ0v) is 18.0. The number of Topliss-reactive ketones (excluding diaryl/α,β-unsaturated/α-hetero) is 1. The van der Waals surface area contributed by atoms with Gasteiger partial charge in [0, 0.05) is 28.3 Å². The largest absolute Gasteiger partial charge is 0.328 e. The third-order valence-corrected chi connectivity index (χ3v) is 6.05. The molecule has 152 valence electrons. The molecule has 0 amide bonds. The number of rotatable bonds is 2. The van der Waals surface area contributed by atoms with Crippen LogP contribution in [0.3, 0.4) is 0 Å². The summed E-state index contributed by atoms with van der Waals surface area (Å²) in [6, 6.07) is 15.5. The number of benzene rings is 2. The molecule has 2 aliphatic rings. The lowest BCUT2D eigenvalue weighted by Gasteiger charge is -2.38. The van der Waals surface area contributed by atoms with Gasteiger partial charge in [0.2, 0.25) is 5.95 Å². The molecule has 6 heteroatoms. The molecule has 1 aliphatic carbocycles. The molecule has 0 saturated carbocycles. The van der Waals surface area contributed by atoms with Gasteiger partial charge in [-0.2, -0.15) is 4.98 Å². The standard InChI is InChI=1S/C24H23ClN4O/c1-14-5-4-6-16(11-14)22-27-23-26-18-12-24(2,3)13-19(30)20(18)21(29(23)28-22)15-7-9-17(25)10-8-15/h4-11,21H,12-13H2,1-3H3,(H,26,27,28). The van der Waals surface area contributed by atoms with E-state index in [9.17, 15) is 4.79 Å². The van der Waals surface area contributed by atoms with E-state index < -0.39 is 0 Å². The predicted octanol–water partition coefficient (Wildman–Crippen LogP) is 5.57. The summed E-state index contributed by atoms with van der Waals surface area (Å²) in [5.41, 5.74) is 4.73. The van der Waals surface area contributed by atoms with Crippen molar-refractivity contribution in [1.29, 1.82) is 0 Å². The summed E-state index contributed by atoms with van der Waals surface area (Å²) in [6.07, 6.45) is 1.32. The maximum Gasteiger partial charge on any atom is 0.226 e. The summed E-state index contributed by atoms with van der Waals surface area (Å²) in [7, 11) is 0. The van der Waals surface area contributed by atoms with Gasteiger partial charge in [0.05, 0.1) is 0 Å². The van der Waals surface area contributed by atoms with Gasteiger partial charge >= 0.3 is 0 Å². The molecule has 0 spiro atoms. The number of aromatic nitrogens is 3. The summed E-state index contributed by atoms with van der Waals surface area (Å²) in [5.74, 6) is 1.47. The maximum atomic E-state index is 13.2. The SMILES string of the molecule is Cc1cccc(-c2nc3n(n2)C(c2ccc(Cl)cc2)C2=C(CC(C)(C)CC2=O)N3)c1. The molecule has 0 saturated heterocycles. The monoisotopic (exact) mass is 418 g/mol. The number of fused-ring (bicyclic) bond motifs is 1. The second-order valence-electron chi connectivity index (χ2n) is 8.99. The van der Waals surface area contributed by atoms with Crippen LogP contribution in [0.1, 0.15) is 43.9 Å². The first kappa shape index (κ1) is 19.1. The minimum Gasteiger partial charge on any atom is -0.328 e. The highest BCUT2D eigenvalue weighted by atomic mass is 35.5. The van der Waals surface area contributed by atoms with Crippen molar-refractivity contribution < 1.29 is 4.79 Å². The molecule has 1 unspecified atom stereocenters. The number of hydrogen-bond acceptors (Lipinski definition) is 4. The molecular weight excluding hydrogens is 396 g/mol. The van der Waals surface area contributed by atoms with Crippen molar-refractivity contribution in [1.82, 2.24) is 14.8 Å². The molecule has 30 heavy (non-hydrogen) atoms. The van der Waals surface area contributed by atoms with Crippen molar-refractivity contribution in [2.24, 2.45) is 5.41 Å². The Morgan fingerprint density at radius 3 is 2.63 bits per heavy atom. The minimum absolute atomic E-state index is 0.0883. The number of carbonyl (C=O) groups excluding carboxylic acids is 1. The molecule has 5 nitrogen and oxygen atoms in total. The van der Waals surface area contributed by atoms with Gasteiger partial charge in [0.15, 0.2) is 11.6 Å². The van der Waals surface area contributed by atoms with Crippen LogP contribution in [0.25, 0.3) is 11.4 Å². The topological polar surface area (TPSA) is 59.8 Å². The number of carbonyl (C=O) groups is 1. The maximum absolute atomic E-state index is 13.2. The van der Waals surface area contributed by atoms with E-state index in [0.717, 1.165) is 34.4 Å². The van der Waals surface area contributed by atoms with E-state index in [4.69, 9.17) is 21.7 Å². The van der Waals surface area contributed by atoms with Gasteiger partial charge in [0.25, 0.3) is 0 Å². The third kappa shape index (κ3) is 3.23. The Morgan fingerprint density at radius 2 is 1.90 bits per heavy atom. The Morgan fingerprint density at radius 1 is 1.13 bits per heavy atom. The van der Waals surface area contributed by atoms with Crippen molar-refractivity contribution in [3.05, 3.63) is 76.0 Å². The van der Waals surface area contributed by atoms with Gasteiger partial charge < -0.3 is 5.32 Å². The summed E-state index contributed by atoms with van der Waals surface area (Å²) in [6.45, 7) is 6.31. The van der Waals surface area contributed by atoms with E-state index in [1.54, 1.807) is 0 Å². The zero-order chi connectivity index (χ0) is 21.0. The number of halogens is 1. The highest BCUT2D eigenvalue weighted by Gasteiger charge is 2.41. The summed E-state index contributed by atoms with van der Waals surface area (Å²) in [5, 5.41) is 8.91. The molecule has 0 radical (unpaired) electrons. The van der Waals surface area contributed by atoms with Crippen LogP contribution in [0.4, 0.5) is 5.95 Å². The molecule has 2 aromatic carbocycles. The Labute approximate surface area is 180 Å². The second kappa shape index (κ2) is 6.81. The average molecular weight is 419 g/mol. The number of ketones is 1. The second-order valence-corrected chi connectivity index (χ2v) is 9.42. The molecule has 5 rings (SSSR count). The normalized spacial score (nSPS) is 19.9. The van der Waals surface area contributed by atoms with Crippen LogP contribution in [0.2, 0.25) is 5.02 Å². The van der Waals surface area contributed by atoms with Crippen molar-refractivity contribution >= 4 is 23.3 Å². The van der Waals surface area contributed by atoms with Crippen LogP contribution in [0.5, 0.6) is 0 Å². The average Bonchev–Trinajstić information content (AvgIpc) is 3.10. The van der Waals surface area contributed by atoms with Gasteiger partial charge in [-0.25, -0.2) is 4.68 Å². The first-order chi connectivity index (χ1) is 14.3. The third-order valence-electron chi connectivity index (χ3n) is 5.79. The summed E-state index contributed by atoms with van der Waals surface area (Å²) in [4.78, 5) is 18.0. The van der Waals surface area contributed by atoms with Crippen molar-refractivity contribution in [2.75, 3.05) is 5.32 Å². The first-order valence-corrected chi connectivity index (χ1v) is 10.5. The van der Waals surface area contributed by atoms with Crippen LogP contribution in [0.15, 0.2) is 59.8 Å². The van der Waals surface area contributed by atoms with E-state index in [-0.39, 0.29) is 17.2 Å². The molecule has 3 aromatic rings. The van der Waals surface area contributed by atoms with Crippen LogP contribution in [-0.2, 0) is 4.79 Å². The Bertz CT molecular complexity index is 1190. The lowest BCUT2D eigenvalue weighted by atomic mass is 9.73. The fourth-order valence-corrected chi connectivity index (χ4v) is 4.59. The first-order valence-electron chi connectivity index (χ1n) is 10.1. The lowest BCUT2D eigenvalue weighted by Crippen LogP contribution is -2.36. The van der Waals surface area contributed by atoms with Crippen molar-refractivity contribution in [3.63, 3.8) is 0 Å². The highest BCUT2D eigenvalue weighted by Crippen LogP contribution is 2.45. The fourth-order valence-electron chi connectivity index (χ4n) is 4.47. The summed E-state index contributed by atoms with van der Waals surface area (Å²) < 4.78 is 1.84. The van der Waals surface area contributed by atoms with Gasteiger partial charge in [-0.1, -0.05) is 61.3 Å². The van der Waals surface area contributed by atoms with Crippen LogP contribution in [0, 0.1) is 12.3 Å². The molecule has 1 N–H and O–H groups in total. The van der Waals surface area contributed by atoms with Gasteiger partial charge in [0.1, 0.15) is 6.04 Å². The quantitative estimate of drug-likeness (QED) is 0.591. The van der Waals surface area contributed by atoms with Gasteiger partial charge in [-0.3, -0.25) is 4.79 Å². The minimum atomic E-state index is -0.317. The number of nitrogens with one attached hydrogen (secondary N) is 1. The van der Waals surface area contributed by atoms with Crippen LogP contribution < -0.4 is 5.32 Å². The number of allylic oxidation sites excluding steroid dienone is 2.